The minimum absolute atomic E-state index is 0.0301. The first-order valence-electron chi connectivity index (χ1n) is 8.89. The third-order valence-corrected chi connectivity index (χ3v) is 4.88. The van der Waals surface area contributed by atoms with Crippen LogP contribution in [-0.4, -0.2) is 44.5 Å². The van der Waals surface area contributed by atoms with Gasteiger partial charge in [-0.15, -0.1) is 0 Å². The molecule has 0 aromatic heterocycles. The highest BCUT2D eigenvalue weighted by atomic mass is 16.5. The Labute approximate surface area is 134 Å². The van der Waals surface area contributed by atoms with Crippen LogP contribution in [-0.2, 0) is 9.47 Å². The number of amides is 2. The number of rotatable bonds is 6. The fraction of sp³-hybridized carbons (Fsp3) is 0.941. The normalized spacial score (nSPS) is 30.0. The first kappa shape index (κ1) is 17.5. The number of hydrogen-bond acceptors (Lipinski definition) is 3. The van der Waals surface area contributed by atoms with Crippen LogP contribution in [0.25, 0.3) is 0 Å². The highest BCUT2D eigenvalue weighted by Crippen LogP contribution is 2.28. The van der Waals surface area contributed by atoms with E-state index in [1.165, 1.54) is 12.8 Å². The Kier molecular flexibility index (Phi) is 7.46. The van der Waals surface area contributed by atoms with Crippen LogP contribution in [0.5, 0.6) is 0 Å². The van der Waals surface area contributed by atoms with Gasteiger partial charge in [-0.2, -0.15) is 0 Å². The zero-order valence-electron chi connectivity index (χ0n) is 14.1. The van der Waals surface area contributed by atoms with Gasteiger partial charge in [-0.3, -0.25) is 0 Å². The average molecular weight is 312 g/mol. The lowest BCUT2D eigenvalue weighted by Gasteiger charge is -2.33. The van der Waals surface area contributed by atoms with Gasteiger partial charge in [0.1, 0.15) is 0 Å². The average Bonchev–Trinajstić information content (AvgIpc) is 2.51. The maximum absolute atomic E-state index is 11.9. The Morgan fingerprint density at radius 1 is 1.18 bits per heavy atom. The summed E-state index contributed by atoms with van der Waals surface area (Å²) < 4.78 is 11.1. The van der Waals surface area contributed by atoms with Crippen molar-refractivity contribution in [2.45, 2.75) is 64.5 Å². The molecule has 3 atom stereocenters. The quantitative estimate of drug-likeness (QED) is 0.741. The molecule has 2 rings (SSSR count). The van der Waals surface area contributed by atoms with Gasteiger partial charge in [0.2, 0.25) is 0 Å². The van der Waals surface area contributed by atoms with Crippen molar-refractivity contribution in [1.29, 1.82) is 0 Å². The Balaban J connectivity index is 1.50. The van der Waals surface area contributed by atoms with Gasteiger partial charge < -0.3 is 20.1 Å². The molecule has 5 nitrogen and oxygen atoms in total. The van der Waals surface area contributed by atoms with E-state index in [0.717, 1.165) is 44.8 Å². The van der Waals surface area contributed by atoms with Crippen LogP contribution in [0, 0.1) is 11.8 Å². The molecule has 2 aliphatic rings. The summed E-state index contributed by atoms with van der Waals surface area (Å²) in [4.78, 5) is 11.9. The highest BCUT2D eigenvalue weighted by Gasteiger charge is 2.26. The van der Waals surface area contributed by atoms with Crippen molar-refractivity contribution >= 4 is 6.03 Å². The molecule has 0 unspecified atom stereocenters. The third-order valence-electron chi connectivity index (χ3n) is 4.88. The lowest BCUT2D eigenvalue weighted by atomic mass is 9.80. The fourth-order valence-corrected chi connectivity index (χ4v) is 3.47. The summed E-state index contributed by atoms with van der Waals surface area (Å²) in [6, 6.07) is 0.298. The van der Waals surface area contributed by atoms with Crippen LogP contribution in [0.15, 0.2) is 0 Å². The van der Waals surface area contributed by atoms with Gasteiger partial charge in [-0.25, -0.2) is 4.79 Å². The Bertz CT molecular complexity index is 332. The number of carbonyl (C=O) groups is 1. The van der Waals surface area contributed by atoms with Gasteiger partial charge in [0.25, 0.3) is 0 Å². The first-order chi connectivity index (χ1) is 10.6. The molecule has 1 aliphatic carbocycles. The van der Waals surface area contributed by atoms with Crippen molar-refractivity contribution in [2.24, 2.45) is 11.8 Å². The molecule has 1 heterocycles. The van der Waals surface area contributed by atoms with Gasteiger partial charge >= 0.3 is 6.03 Å². The zero-order valence-corrected chi connectivity index (χ0v) is 14.1. The summed E-state index contributed by atoms with van der Waals surface area (Å²) in [6.45, 7) is 7.54. The molecule has 2 fully saturated rings. The molecule has 0 spiro atoms. The summed E-state index contributed by atoms with van der Waals surface area (Å²) in [5, 5.41) is 6.07. The van der Waals surface area contributed by atoms with E-state index in [2.05, 4.69) is 24.5 Å². The fourth-order valence-electron chi connectivity index (χ4n) is 3.47. The third kappa shape index (κ3) is 6.13. The van der Waals surface area contributed by atoms with Crippen LogP contribution in [0.3, 0.4) is 0 Å². The van der Waals surface area contributed by atoms with Crippen LogP contribution < -0.4 is 10.6 Å². The molecular formula is C17H32N2O3. The lowest BCUT2D eigenvalue weighted by Crippen LogP contribution is -2.47. The molecule has 2 amide bonds. The molecule has 0 aromatic rings. The molecule has 22 heavy (non-hydrogen) atoms. The van der Waals surface area contributed by atoms with Crippen molar-refractivity contribution in [1.82, 2.24) is 10.6 Å². The highest BCUT2D eigenvalue weighted by molar-refractivity contribution is 5.74. The Morgan fingerprint density at radius 2 is 1.95 bits per heavy atom. The predicted molar refractivity (Wildman–Crippen MR) is 86.9 cm³/mol. The van der Waals surface area contributed by atoms with Crippen molar-refractivity contribution in [3.8, 4) is 0 Å². The van der Waals surface area contributed by atoms with E-state index in [9.17, 15) is 4.79 Å². The SMILES string of the molecule is C[C@@H]1CC[C@H](NC(=O)NCCCOC2CCOCC2)[C@H](C)C1. The number of nitrogens with one attached hydrogen (secondary N) is 2. The van der Waals surface area contributed by atoms with Crippen LogP contribution in [0.1, 0.15) is 52.4 Å². The van der Waals surface area contributed by atoms with E-state index in [1.807, 2.05) is 0 Å². The van der Waals surface area contributed by atoms with Gasteiger partial charge in [0.05, 0.1) is 6.10 Å². The van der Waals surface area contributed by atoms with E-state index in [-0.39, 0.29) is 6.03 Å². The van der Waals surface area contributed by atoms with Crippen LogP contribution in [0.2, 0.25) is 0 Å². The zero-order chi connectivity index (χ0) is 15.8. The van der Waals surface area contributed by atoms with Gasteiger partial charge in [0.15, 0.2) is 0 Å². The number of carbonyl (C=O) groups excluding carboxylic acids is 1. The first-order valence-corrected chi connectivity index (χ1v) is 8.89. The maximum Gasteiger partial charge on any atom is 0.315 e. The van der Waals surface area contributed by atoms with E-state index >= 15 is 0 Å². The standard InChI is InChI=1S/C17H32N2O3/c1-13-4-5-16(14(2)12-13)19-17(20)18-8-3-9-22-15-6-10-21-11-7-15/h13-16H,3-12H2,1-2H3,(H2,18,19,20)/t13-,14-,16+/m1/s1. The summed E-state index contributed by atoms with van der Waals surface area (Å²) in [5.74, 6) is 1.37. The molecule has 1 aliphatic heterocycles. The molecule has 0 aromatic carbocycles. The predicted octanol–water partition coefficient (Wildman–Crippen LogP) is 2.70. The summed E-state index contributed by atoms with van der Waals surface area (Å²) >= 11 is 0. The summed E-state index contributed by atoms with van der Waals surface area (Å²) in [5.41, 5.74) is 0. The second-order valence-corrected chi connectivity index (χ2v) is 6.94. The van der Waals surface area contributed by atoms with E-state index in [4.69, 9.17) is 9.47 Å². The molecular weight excluding hydrogens is 280 g/mol. The summed E-state index contributed by atoms with van der Waals surface area (Å²) in [6.07, 6.45) is 6.72. The molecule has 5 heteroatoms. The smallest absolute Gasteiger partial charge is 0.315 e. The van der Waals surface area contributed by atoms with Gasteiger partial charge in [0, 0.05) is 32.4 Å². The second-order valence-electron chi connectivity index (χ2n) is 6.94. The van der Waals surface area contributed by atoms with E-state index < -0.39 is 0 Å². The lowest BCUT2D eigenvalue weighted by molar-refractivity contribution is -0.0320. The van der Waals surface area contributed by atoms with E-state index in [1.54, 1.807) is 0 Å². The van der Waals surface area contributed by atoms with Crippen molar-refractivity contribution in [3.63, 3.8) is 0 Å². The Hall–Kier alpha value is -0.810. The second kappa shape index (κ2) is 9.36. The largest absolute Gasteiger partial charge is 0.381 e. The molecule has 128 valence electrons. The van der Waals surface area contributed by atoms with Gasteiger partial charge in [-0.05, 0) is 50.4 Å². The van der Waals surface area contributed by atoms with Crippen LogP contribution in [0.4, 0.5) is 4.79 Å². The van der Waals surface area contributed by atoms with Crippen molar-refractivity contribution < 1.29 is 14.3 Å². The molecule has 1 saturated heterocycles. The minimum atomic E-state index is -0.0301. The van der Waals surface area contributed by atoms with Crippen molar-refractivity contribution in [3.05, 3.63) is 0 Å². The molecule has 0 radical (unpaired) electrons. The van der Waals surface area contributed by atoms with E-state index in [0.29, 0.717) is 31.2 Å². The maximum atomic E-state index is 11.9. The monoisotopic (exact) mass is 312 g/mol. The number of ether oxygens (including phenoxy) is 2. The molecule has 0 bridgehead atoms. The molecule has 2 N–H and O–H groups in total. The topological polar surface area (TPSA) is 59.6 Å². The van der Waals surface area contributed by atoms with Crippen LogP contribution >= 0.6 is 0 Å². The number of urea groups is 1. The minimum Gasteiger partial charge on any atom is -0.381 e. The molecule has 1 saturated carbocycles. The summed E-state index contributed by atoms with van der Waals surface area (Å²) in [7, 11) is 0. The Morgan fingerprint density at radius 3 is 2.68 bits per heavy atom. The number of hydrogen-bond donors (Lipinski definition) is 2. The van der Waals surface area contributed by atoms with Gasteiger partial charge in [-0.1, -0.05) is 13.8 Å². The van der Waals surface area contributed by atoms with Crippen molar-refractivity contribution in [2.75, 3.05) is 26.4 Å².